The Kier molecular flexibility index (Phi) is 24.6. The van der Waals surface area contributed by atoms with Crippen LogP contribution >= 0.6 is 33.3 Å². The minimum absolute atomic E-state index is 0.0155. The Morgan fingerprint density at radius 3 is 1.73 bits per heavy atom. The molecule has 0 atom stereocenters. The Hall–Kier alpha value is -2.55. The van der Waals surface area contributed by atoms with Crippen LogP contribution in [0.3, 0.4) is 0 Å². The SMILES string of the molecule is CC/C=C\C/C=C\C/C=C\C/C=C\C/C=C\C/C=C\CSCC(=O)NCCSSCCNC(=O)c1ccccc1O. The number of carbonyl (C=O) groups is 2. The van der Waals surface area contributed by atoms with Crippen molar-refractivity contribution >= 4 is 45.2 Å². The van der Waals surface area contributed by atoms with Gasteiger partial charge in [0.2, 0.25) is 5.91 Å². The van der Waals surface area contributed by atoms with E-state index in [0.29, 0.717) is 18.8 Å². The molecule has 0 radical (unpaired) electrons. The Morgan fingerprint density at radius 1 is 0.707 bits per heavy atom. The van der Waals surface area contributed by atoms with Crippen molar-refractivity contribution < 1.29 is 14.7 Å². The third-order valence-corrected chi connectivity index (χ3v) is 8.56. The summed E-state index contributed by atoms with van der Waals surface area (Å²) in [5, 5.41) is 15.4. The molecule has 0 heterocycles. The smallest absolute Gasteiger partial charge is 0.255 e. The molecule has 0 bridgehead atoms. The van der Waals surface area contributed by atoms with E-state index in [1.54, 1.807) is 51.5 Å². The summed E-state index contributed by atoms with van der Waals surface area (Å²) in [6, 6.07) is 6.50. The van der Waals surface area contributed by atoms with Gasteiger partial charge in [-0.1, -0.05) is 114 Å². The van der Waals surface area contributed by atoms with Crippen LogP contribution in [0.2, 0.25) is 0 Å². The Balaban J connectivity index is 1.90. The molecule has 0 unspecified atom stereocenters. The van der Waals surface area contributed by atoms with Gasteiger partial charge in [0, 0.05) is 30.3 Å². The second kappa shape index (κ2) is 27.6. The fourth-order valence-electron chi connectivity index (χ4n) is 3.18. The number of rotatable bonds is 23. The lowest BCUT2D eigenvalue weighted by Gasteiger charge is -2.07. The van der Waals surface area contributed by atoms with Crippen molar-refractivity contribution in [2.45, 2.75) is 45.4 Å². The maximum atomic E-state index is 12.0. The first-order valence-corrected chi connectivity index (χ1v) is 17.8. The van der Waals surface area contributed by atoms with Gasteiger partial charge in [-0.2, -0.15) is 0 Å². The number of allylic oxidation sites excluding steroid dienone is 11. The molecule has 0 spiro atoms. The minimum Gasteiger partial charge on any atom is -0.507 e. The quantitative estimate of drug-likeness (QED) is 0.0658. The van der Waals surface area contributed by atoms with Crippen LogP contribution in [0.4, 0.5) is 0 Å². The van der Waals surface area contributed by atoms with E-state index >= 15 is 0 Å². The number of phenols is 1. The predicted octanol–water partition coefficient (Wildman–Crippen LogP) is 8.05. The van der Waals surface area contributed by atoms with Gasteiger partial charge in [-0.05, 0) is 50.7 Å². The molecular weight excluding hydrogens is 569 g/mol. The molecule has 0 aromatic heterocycles. The van der Waals surface area contributed by atoms with Gasteiger partial charge in [-0.3, -0.25) is 9.59 Å². The third kappa shape index (κ3) is 22.8. The first-order valence-electron chi connectivity index (χ1n) is 14.2. The highest BCUT2D eigenvalue weighted by molar-refractivity contribution is 8.76. The second-order valence-corrected chi connectivity index (χ2v) is 12.4. The van der Waals surface area contributed by atoms with E-state index < -0.39 is 0 Å². The maximum absolute atomic E-state index is 12.0. The molecule has 0 saturated heterocycles. The summed E-state index contributed by atoms with van der Waals surface area (Å²) < 4.78 is 0. The highest BCUT2D eigenvalue weighted by atomic mass is 33.1. The first kappa shape index (κ1) is 36.5. The van der Waals surface area contributed by atoms with Gasteiger partial charge in [0.05, 0.1) is 11.3 Å². The highest BCUT2D eigenvalue weighted by Crippen LogP contribution is 2.20. The average Bonchev–Trinajstić information content (AvgIpc) is 2.97. The van der Waals surface area contributed by atoms with Crippen LogP contribution in [-0.2, 0) is 4.79 Å². The molecule has 1 aromatic rings. The summed E-state index contributed by atoms with van der Waals surface area (Å²) in [6.45, 7) is 3.29. The van der Waals surface area contributed by atoms with Gasteiger partial charge >= 0.3 is 0 Å². The molecule has 1 rings (SSSR count). The van der Waals surface area contributed by atoms with E-state index in [9.17, 15) is 14.7 Å². The molecule has 2 amide bonds. The van der Waals surface area contributed by atoms with Crippen LogP contribution in [0.25, 0.3) is 0 Å². The lowest BCUT2D eigenvalue weighted by molar-refractivity contribution is -0.118. The van der Waals surface area contributed by atoms with Gasteiger partial charge < -0.3 is 15.7 Å². The monoisotopic (exact) mass is 614 g/mol. The molecule has 1 aromatic carbocycles. The molecule has 224 valence electrons. The summed E-state index contributed by atoms with van der Waals surface area (Å²) in [5.41, 5.74) is 0.284. The molecule has 0 aliphatic rings. The number of nitrogens with one attached hydrogen (secondary N) is 2. The molecule has 0 aliphatic heterocycles. The number of amides is 2. The Bertz CT molecular complexity index is 1020. The first-order chi connectivity index (χ1) is 20.1. The lowest BCUT2D eigenvalue weighted by atomic mass is 10.2. The number of hydrogen-bond donors (Lipinski definition) is 3. The molecule has 3 N–H and O–H groups in total. The maximum Gasteiger partial charge on any atom is 0.255 e. The number of thioether (sulfide) groups is 1. The molecular formula is C33H46N2O3S3. The molecule has 0 saturated carbocycles. The van der Waals surface area contributed by atoms with Crippen LogP contribution in [0.1, 0.15) is 55.8 Å². The summed E-state index contributed by atoms with van der Waals surface area (Å²) in [7, 11) is 3.31. The number of hydrogen-bond acceptors (Lipinski definition) is 6. The molecule has 5 nitrogen and oxygen atoms in total. The van der Waals surface area contributed by atoms with Crippen molar-refractivity contribution in [3.8, 4) is 5.75 Å². The second-order valence-electron chi connectivity index (χ2n) is 8.70. The number of phenolic OH excluding ortho intramolecular Hbond substituents is 1. The number of aromatic hydroxyl groups is 1. The van der Waals surface area contributed by atoms with Crippen molar-refractivity contribution in [1.82, 2.24) is 10.6 Å². The fourth-order valence-corrected chi connectivity index (χ4v) is 5.67. The topological polar surface area (TPSA) is 78.4 Å². The molecule has 41 heavy (non-hydrogen) atoms. The van der Waals surface area contributed by atoms with E-state index in [2.05, 4.69) is 90.5 Å². The van der Waals surface area contributed by atoms with Gasteiger partial charge in [-0.15, -0.1) is 11.8 Å². The lowest BCUT2D eigenvalue weighted by Crippen LogP contribution is -2.27. The minimum atomic E-state index is -0.275. The largest absolute Gasteiger partial charge is 0.507 e. The van der Waals surface area contributed by atoms with E-state index in [1.165, 1.54) is 6.07 Å². The van der Waals surface area contributed by atoms with Crippen molar-refractivity contribution in [2.24, 2.45) is 0 Å². The summed E-state index contributed by atoms with van der Waals surface area (Å²) in [5.74, 6) is 2.61. The van der Waals surface area contributed by atoms with Crippen LogP contribution in [0.15, 0.2) is 97.2 Å². The van der Waals surface area contributed by atoms with E-state index in [4.69, 9.17) is 0 Å². The predicted molar refractivity (Wildman–Crippen MR) is 184 cm³/mol. The highest BCUT2D eigenvalue weighted by Gasteiger charge is 2.08. The number of carbonyl (C=O) groups excluding carboxylic acids is 2. The standard InChI is InChI=1S/C33H46N2O3S3/c1-2-3-4-5-6-7-8-9-10-11-12-13-14-15-16-17-18-21-26-39-29-32(37)34-24-27-40-41-28-25-35-33(38)30-22-19-20-23-31(30)36/h3-4,6-7,9-10,12-13,15-16,18-23,36H,2,5,8,11,14,17,24-29H2,1H3,(H,34,37)(H,35,38)/b4-3-,7-6-,10-9-,13-12-,16-15-,21-18-. The van der Waals surface area contributed by atoms with E-state index in [1.807, 2.05) is 0 Å². The Labute approximate surface area is 259 Å². The number of para-hydroxylation sites is 1. The van der Waals surface area contributed by atoms with Crippen molar-refractivity contribution in [3.63, 3.8) is 0 Å². The van der Waals surface area contributed by atoms with Gasteiger partial charge in [0.25, 0.3) is 5.91 Å². The van der Waals surface area contributed by atoms with Gasteiger partial charge in [0.1, 0.15) is 5.75 Å². The normalized spacial score (nSPS) is 12.2. The van der Waals surface area contributed by atoms with E-state index in [0.717, 1.165) is 55.8 Å². The zero-order valence-corrected chi connectivity index (χ0v) is 26.7. The Morgan fingerprint density at radius 2 is 1.20 bits per heavy atom. The van der Waals surface area contributed by atoms with Crippen molar-refractivity contribution in [1.29, 1.82) is 0 Å². The van der Waals surface area contributed by atoms with Crippen molar-refractivity contribution in [2.75, 3.05) is 36.1 Å². The molecule has 0 aliphatic carbocycles. The summed E-state index contributed by atoms with van der Waals surface area (Å²) in [4.78, 5) is 23.9. The zero-order valence-electron chi connectivity index (χ0n) is 24.2. The third-order valence-electron chi connectivity index (χ3n) is 5.25. The zero-order chi connectivity index (χ0) is 29.6. The van der Waals surface area contributed by atoms with Crippen LogP contribution in [0, 0.1) is 0 Å². The fraction of sp³-hybridized carbons (Fsp3) is 0.394. The summed E-state index contributed by atoms with van der Waals surface area (Å²) >= 11 is 1.61. The van der Waals surface area contributed by atoms with Crippen LogP contribution in [0.5, 0.6) is 5.75 Å². The van der Waals surface area contributed by atoms with Gasteiger partial charge in [0.15, 0.2) is 0 Å². The molecule has 8 heteroatoms. The van der Waals surface area contributed by atoms with Gasteiger partial charge in [-0.25, -0.2) is 0 Å². The van der Waals surface area contributed by atoms with Crippen molar-refractivity contribution in [3.05, 3.63) is 103 Å². The summed E-state index contributed by atoms with van der Waals surface area (Å²) in [6.07, 6.45) is 32.2. The van der Waals surface area contributed by atoms with E-state index in [-0.39, 0.29) is 23.1 Å². The van der Waals surface area contributed by atoms with Crippen LogP contribution < -0.4 is 10.6 Å². The average molecular weight is 615 g/mol. The molecule has 0 fully saturated rings. The van der Waals surface area contributed by atoms with Crippen LogP contribution in [-0.4, -0.2) is 53.0 Å². The number of benzene rings is 1.